The van der Waals surface area contributed by atoms with Crippen LogP contribution in [0.4, 0.5) is 5.69 Å². The summed E-state index contributed by atoms with van der Waals surface area (Å²) >= 11 is 1.68. The number of carbonyl (C=O) groups is 1. The molecule has 0 bridgehead atoms. The number of benzene rings is 1. The first kappa shape index (κ1) is 12.1. The van der Waals surface area contributed by atoms with Crippen LogP contribution in [0.15, 0.2) is 29.2 Å². The number of hydrogen-bond donors (Lipinski definition) is 2. The van der Waals surface area contributed by atoms with Crippen LogP contribution in [0.3, 0.4) is 0 Å². The fraction of sp³-hybridized carbons (Fsp3) is 0.364. The summed E-state index contributed by atoms with van der Waals surface area (Å²) in [6.45, 7) is 1.82. The Balaban J connectivity index is 2.61. The molecule has 15 heavy (non-hydrogen) atoms. The molecule has 2 N–H and O–H groups in total. The van der Waals surface area contributed by atoms with Crippen molar-refractivity contribution in [2.75, 3.05) is 18.6 Å². The second-order valence-corrected chi connectivity index (χ2v) is 4.11. The van der Waals surface area contributed by atoms with Gasteiger partial charge in [-0.3, -0.25) is 4.79 Å². The molecule has 1 amide bonds. The van der Waals surface area contributed by atoms with Gasteiger partial charge in [0.15, 0.2) is 0 Å². The lowest BCUT2D eigenvalue weighted by Gasteiger charge is -2.11. The molecule has 0 heterocycles. The average Bonchev–Trinajstić information content (AvgIpc) is 2.29. The Morgan fingerprint density at radius 1 is 1.33 bits per heavy atom. The zero-order valence-electron chi connectivity index (χ0n) is 9.20. The molecule has 0 saturated heterocycles. The van der Waals surface area contributed by atoms with Crippen molar-refractivity contribution in [3.05, 3.63) is 24.3 Å². The van der Waals surface area contributed by atoms with E-state index in [1.807, 2.05) is 37.4 Å². The predicted octanol–water partition coefficient (Wildman–Crippen LogP) is 1.95. The van der Waals surface area contributed by atoms with Crippen molar-refractivity contribution in [3.63, 3.8) is 0 Å². The minimum Gasteiger partial charge on any atom is -0.325 e. The number of hydrogen-bond acceptors (Lipinski definition) is 3. The van der Waals surface area contributed by atoms with Crippen LogP contribution in [0.2, 0.25) is 0 Å². The largest absolute Gasteiger partial charge is 0.325 e. The highest BCUT2D eigenvalue weighted by molar-refractivity contribution is 7.98. The Morgan fingerprint density at radius 3 is 2.40 bits per heavy atom. The van der Waals surface area contributed by atoms with Crippen molar-refractivity contribution in [1.82, 2.24) is 5.32 Å². The quantitative estimate of drug-likeness (QED) is 0.768. The Labute approximate surface area is 94.6 Å². The van der Waals surface area contributed by atoms with Crippen LogP contribution >= 0.6 is 11.8 Å². The topological polar surface area (TPSA) is 41.1 Å². The summed E-state index contributed by atoms with van der Waals surface area (Å²) in [5, 5.41) is 5.72. The van der Waals surface area contributed by atoms with Gasteiger partial charge in [0.2, 0.25) is 5.91 Å². The van der Waals surface area contributed by atoms with Crippen LogP contribution in [0.5, 0.6) is 0 Å². The van der Waals surface area contributed by atoms with Crippen LogP contribution in [0.25, 0.3) is 0 Å². The smallest absolute Gasteiger partial charge is 0.241 e. The molecular weight excluding hydrogens is 208 g/mol. The molecule has 0 spiro atoms. The van der Waals surface area contributed by atoms with Gasteiger partial charge in [-0.15, -0.1) is 11.8 Å². The second-order valence-electron chi connectivity index (χ2n) is 3.23. The molecule has 0 aliphatic carbocycles. The van der Waals surface area contributed by atoms with Gasteiger partial charge in [0.05, 0.1) is 6.04 Å². The van der Waals surface area contributed by atoms with E-state index >= 15 is 0 Å². The molecule has 0 aromatic heterocycles. The van der Waals surface area contributed by atoms with Crippen LogP contribution in [0.1, 0.15) is 6.92 Å². The van der Waals surface area contributed by atoms with Gasteiger partial charge in [-0.05, 0) is 44.5 Å². The number of likely N-dealkylation sites (N-methyl/N-ethyl adjacent to an activating group) is 1. The summed E-state index contributed by atoms with van der Waals surface area (Å²) in [7, 11) is 1.76. The Bertz CT molecular complexity index is 324. The SMILES string of the molecule is CNC(C)C(=O)Nc1ccc(SC)cc1. The van der Waals surface area contributed by atoms with E-state index in [-0.39, 0.29) is 11.9 Å². The average molecular weight is 224 g/mol. The van der Waals surface area contributed by atoms with Gasteiger partial charge in [-0.1, -0.05) is 0 Å². The molecule has 0 radical (unpaired) electrons. The lowest BCUT2D eigenvalue weighted by molar-refractivity contribution is -0.117. The van der Waals surface area contributed by atoms with E-state index in [0.29, 0.717) is 0 Å². The monoisotopic (exact) mass is 224 g/mol. The maximum atomic E-state index is 11.5. The number of thioether (sulfide) groups is 1. The maximum absolute atomic E-state index is 11.5. The van der Waals surface area contributed by atoms with Gasteiger partial charge in [0, 0.05) is 10.6 Å². The highest BCUT2D eigenvalue weighted by atomic mass is 32.2. The molecule has 4 heteroatoms. The molecule has 3 nitrogen and oxygen atoms in total. The van der Waals surface area contributed by atoms with Crippen molar-refractivity contribution in [3.8, 4) is 0 Å². The molecule has 1 atom stereocenters. The van der Waals surface area contributed by atoms with E-state index in [4.69, 9.17) is 0 Å². The number of carbonyl (C=O) groups excluding carboxylic acids is 1. The van der Waals surface area contributed by atoms with Gasteiger partial charge >= 0.3 is 0 Å². The fourth-order valence-electron chi connectivity index (χ4n) is 1.06. The van der Waals surface area contributed by atoms with E-state index < -0.39 is 0 Å². The van der Waals surface area contributed by atoms with Crippen molar-refractivity contribution in [1.29, 1.82) is 0 Å². The van der Waals surface area contributed by atoms with Gasteiger partial charge in [0.1, 0.15) is 0 Å². The summed E-state index contributed by atoms with van der Waals surface area (Å²) in [6.07, 6.45) is 2.02. The summed E-state index contributed by atoms with van der Waals surface area (Å²) < 4.78 is 0. The fourth-order valence-corrected chi connectivity index (χ4v) is 1.46. The Morgan fingerprint density at radius 2 is 1.93 bits per heavy atom. The molecule has 1 aromatic rings. The van der Waals surface area contributed by atoms with E-state index in [0.717, 1.165) is 5.69 Å². The summed E-state index contributed by atoms with van der Waals surface area (Å²) in [4.78, 5) is 12.7. The maximum Gasteiger partial charge on any atom is 0.241 e. The summed E-state index contributed by atoms with van der Waals surface area (Å²) in [5.74, 6) is -0.0191. The molecule has 82 valence electrons. The third-order valence-corrected chi connectivity index (χ3v) is 2.93. The summed E-state index contributed by atoms with van der Waals surface area (Å²) in [6, 6.07) is 7.62. The highest BCUT2D eigenvalue weighted by Gasteiger charge is 2.09. The van der Waals surface area contributed by atoms with Crippen molar-refractivity contribution >= 4 is 23.4 Å². The predicted molar refractivity (Wildman–Crippen MR) is 65.4 cm³/mol. The zero-order valence-corrected chi connectivity index (χ0v) is 10.0. The first-order valence-electron chi connectivity index (χ1n) is 4.79. The third kappa shape index (κ3) is 3.57. The third-order valence-electron chi connectivity index (χ3n) is 2.18. The molecule has 1 rings (SSSR count). The normalized spacial score (nSPS) is 12.2. The van der Waals surface area contributed by atoms with Crippen LogP contribution in [0, 0.1) is 0 Å². The highest BCUT2D eigenvalue weighted by Crippen LogP contribution is 2.17. The molecule has 0 aliphatic heterocycles. The molecule has 0 aliphatic rings. The molecule has 0 fully saturated rings. The van der Waals surface area contributed by atoms with Crippen molar-refractivity contribution in [2.45, 2.75) is 17.9 Å². The second kappa shape index (κ2) is 5.78. The molecule has 1 aromatic carbocycles. The van der Waals surface area contributed by atoms with E-state index in [2.05, 4.69) is 10.6 Å². The van der Waals surface area contributed by atoms with Gasteiger partial charge in [-0.25, -0.2) is 0 Å². The minimum atomic E-state index is -0.176. The van der Waals surface area contributed by atoms with Crippen molar-refractivity contribution < 1.29 is 4.79 Å². The van der Waals surface area contributed by atoms with Crippen LogP contribution in [-0.4, -0.2) is 25.3 Å². The van der Waals surface area contributed by atoms with E-state index in [1.165, 1.54) is 4.90 Å². The van der Waals surface area contributed by atoms with E-state index in [1.54, 1.807) is 18.8 Å². The standard InChI is InChI=1S/C11H16N2OS/c1-8(12-2)11(14)13-9-4-6-10(15-3)7-5-9/h4-8,12H,1-3H3,(H,13,14). The van der Waals surface area contributed by atoms with Gasteiger partial charge in [0.25, 0.3) is 0 Å². The lowest BCUT2D eigenvalue weighted by atomic mass is 10.3. The zero-order chi connectivity index (χ0) is 11.3. The van der Waals surface area contributed by atoms with E-state index in [9.17, 15) is 4.79 Å². The Kier molecular flexibility index (Phi) is 4.65. The number of amides is 1. The molecule has 0 saturated carbocycles. The summed E-state index contributed by atoms with van der Waals surface area (Å²) in [5.41, 5.74) is 0.833. The lowest BCUT2D eigenvalue weighted by Crippen LogP contribution is -2.35. The number of rotatable bonds is 4. The first-order chi connectivity index (χ1) is 7.17. The number of nitrogens with one attached hydrogen (secondary N) is 2. The van der Waals surface area contributed by atoms with Crippen molar-refractivity contribution in [2.24, 2.45) is 0 Å². The first-order valence-corrected chi connectivity index (χ1v) is 6.02. The van der Waals surface area contributed by atoms with Crippen LogP contribution in [-0.2, 0) is 4.79 Å². The van der Waals surface area contributed by atoms with Gasteiger partial charge < -0.3 is 10.6 Å². The Hall–Kier alpha value is -1.00. The minimum absolute atomic E-state index is 0.0191. The molecule has 1 unspecified atom stereocenters. The van der Waals surface area contributed by atoms with Gasteiger partial charge in [-0.2, -0.15) is 0 Å². The molecular formula is C11H16N2OS. The number of anilines is 1. The van der Waals surface area contributed by atoms with Crippen LogP contribution < -0.4 is 10.6 Å².